The molecule has 0 radical (unpaired) electrons. The molecular formula is C15H12N3O2P. The summed E-state index contributed by atoms with van der Waals surface area (Å²) in [5, 5.41) is 3.25. The molecule has 0 saturated heterocycles. The Hall–Kier alpha value is -2.39. The summed E-state index contributed by atoms with van der Waals surface area (Å²) >= 11 is 0. The van der Waals surface area contributed by atoms with Crippen molar-refractivity contribution in [3.8, 4) is 0 Å². The summed E-state index contributed by atoms with van der Waals surface area (Å²) in [7, 11) is -3.23. The molecule has 104 valence electrons. The number of carbonyl (C=O) groups is 1. The van der Waals surface area contributed by atoms with Gasteiger partial charge < -0.3 is 4.57 Å². The number of hydrogen-bond donors (Lipinski definition) is 1. The van der Waals surface area contributed by atoms with E-state index in [0.29, 0.717) is 10.9 Å². The number of nitrogens with one attached hydrogen (secondary N) is 1. The van der Waals surface area contributed by atoms with Crippen molar-refractivity contribution >= 4 is 35.1 Å². The Balaban J connectivity index is 2.05. The van der Waals surface area contributed by atoms with E-state index < -0.39 is 7.29 Å². The van der Waals surface area contributed by atoms with Gasteiger partial charge in [-0.3, -0.25) is 14.4 Å². The number of aromatic nitrogens is 2. The summed E-state index contributed by atoms with van der Waals surface area (Å²) in [6.07, 6.45) is 0. The summed E-state index contributed by atoms with van der Waals surface area (Å²) in [4.78, 5) is 16.5. The first-order valence-corrected chi connectivity index (χ1v) is 8.32. The number of para-hydroxylation sites is 2. The average Bonchev–Trinajstić information content (AvgIpc) is 2.88. The summed E-state index contributed by atoms with van der Waals surface area (Å²) in [6, 6.07) is 16.5. The van der Waals surface area contributed by atoms with E-state index in [1.807, 2.05) is 42.5 Å². The molecule has 2 heterocycles. The zero-order chi connectivity index (χ0) is 14.4. The third kappa shape index (κ3) is 1.74. The fourth-order valence-electron chi connectivity index (χ4n) is 2.68. The van der Waals surface area contributed by atoms with Crippen molar-refractivity contribution in [2.24, 2.45) is 0 Å². The second-order valence-corrected chi connectivity index (χ2v) is 7.33. The van der Waals surface area contributed by atoms with Crippen LogP contribution in [0.25, 0.3) is 11.0 Å². The minimum absolute atomic E-state index is 0.146. The highest BCUT2D eigenvalue weighted by atomic mass is 31.2. The van der Waals surface area contributed by atoms with Crippen molar-refractivity contribution in [1.82, 2.24) is 14.6 Å². The molecule has 1 atom stereocenters. The Kier molecular flexibility index (Phi) is 2.53. The van der Waals surface area contributed by atoms with Gasteiger partial charge in [0.1, 0.15) is 6.54 Å². The molecule has 21 heavy (non-hydrogen) atoms. The van der Waals surface area contributed by atoms with Crippen LogP contribution in [-0.4, -0.2) is 15.5 Å². The number of rotatable bonds is 1. The number of fused-ring (bicyclic) bond motifs is 3. The summed E-state index contributed by atoms with van der Waals surface area (Å²) in [5.74, 6) is -0.252. The average molecular weight is 297 g/mol. The smallest absolute Gasteiger partial charge is 0.263 e. The van der Waals surface area contributed by atoms with E-state index in [9.17, 15) is 9.36 Å². The van der Waals surface area contributed by atoms with Crippen LogP contribution in [0.5, 0.6) is 0 Å². The Morgan fingerprint density at radius 1 is 1.05 bits per heavy atom. The van der Waals surface area contributed by atoms with Crippen LogP contribution in [0.3, 0.4) is 0 Å². The lowest BCUT2D eigenvalue weighted by atomic mass is 10.3. The predicted molar refractivity (Wildman–Crippen MR) is 81.2 cm³/mol. The Morgan fingerprint density at radius 2 is 1.76 bits per heavy atom. The van der Waals surface area contributed by atoms with Gasteiger partial charge >= 0.3 is 0 Å². The van der Waals surface area contributed by atoms with Crippen molar-refractivity contribution in [3.05, 3.63) is 54.6 Å². The third-order valence-corrected chi connectivity index (χ3v) is 6.11. The maximum absolute atomic E-state index is 13.4. The highest BCUT2D eigenvalue weighted by Gasteiger charge is 2.39. The van der Waals surface area contributed by atoms with E-state index in [1.54, 1.807) is 16.7 Å². The monoisotopic (exact) mass is 297 g/mol. The molecule has 1 aliphatic heterocycles. The molecule has 0 unspecified atom stereocenters. The molecule has 0 spiro atoms. The largest absolute Gasteiger partial charge is 0.310 e. The topological polar surface area (TPSA) is 64.0 Å². The van der Waals surface area contributed by atoms with E-state index in [1.165, 1.54) is 0 Å². The number of hydrogen-bond acceptors (Lipinski definition) is 3. The molecule has 0 fully saturated rings. The highest BCUT2D eigenvalue weighted by Crippen LogP contribution is 2.41. The predicted octanol–water partition coefficient (Wildman–Crippen LogP) is 1.39. The van der Waals surface area contributed by atoms with Crippen LogP contribution in [0, 0.1) is 0 Å². The SMILES string of the molecule is O=C1Cn2c(nc3ccccc32)[P@](=O)(c2ccccc2)N1. The highest BCUT2D eigenvalue weighted by molar-refractivity contribution is 7.77. The van der Waals surface area contributed by atoms with Crippen LogP contribution in [0.15, 0.2) is 54.6 Å². The van der Waals surface area contributed by atoms with E-state index in [2.05, 4.69) is 10.1 Å². The molecule has 3 aromatic rings. The maximum Gasteiger partial charge on any atom is 0.263 e. The van der Waals surface area contributed by atoms with E-state index in [4.69, 9.17) is 0 Å². The van der Waals surface area contributed by atoms with Gasteiger partial charge in [-0.1, -0.05) is 30.3 Å². The van der Waals surface area contributed by atoms with Crippen molar-refractivity contribution < 1.29 is 9.36 Å². The van der Waals surface area contributed by atoms with Crippen molar-refractivity contribution in [1.29, 1.82) is 0 Å². The molecule has 1 aromatic heterocycles. The van der Waals surface area contributed by atoms with Crippen LogP contribution in [-0.2, 0) is 15.9 Å². The minimum Gasteiger partial charge on any atom is -0.310 e. The van der Waals surface area contributed by atoms with Gasteiger partial charge in [-0.05, 0) is 24.3 Å². The lowest BCUT2D eigenvalue weighted by molar-refractivity contribution is -0.120. The molecule has 0 saturated carbocycles. The molecule has 4 rings (SSSR count). The Labute approximate surface area is 121 Å². The molecule has 2 aromatic carbocycles. The summed E-state index contributed by atoms with van der Waals surface area (Å²) < 4.78 is 15.2. The lowest BCUT2D eigenvalue weighted by Crippen LogP contribution is -2.44. The van der Waals surface area contributed by atoms with Gasteiger partial charge in [-0.25, -0.2) is 4.98 Å². The zero-order valence-corrected chi connectivity index (χ0v) is 12.0. The maximum atomic E-state index is 13.4. The van der Waals surface area contributed by atoms with Gasteiger partial charge in [0.05, 0.1) is 11.0 Å². The van der Waals surface area contributed by atoms with Crippen molar-refractivity contribution in [2.75, 3.05) is 0 Å². The van der Waals surface area contributed by atoms with E-state index in [0.717, 1.165) is 11.0 Å². The molecule has 1 amide bonds. The van der Waals surface area contributed by atoms with Crippen molar-refractivity contribution in [3.63, 3.8) is 0 Å². The number of imidazole rings is 1. The molecule has 0 bridgehead atoms. The number of carbonyl (C=O) groups excluding carboxylic acids is 1. The minimum atomic E-state index is -3.23. The quantitative estimate of drug-likeness (QED) is 0.690. The molecule has 1 aliphatic rings. The lowest BCUT2D eigenvalue weighted by Gasteiger charge is -2.25. The van der Waals surface area contributed by atoms with Crippen molar-refractivity contribution in [2.45, 2.75) is 6.54 Å². The first-order valence-electron chi connectivity index (χ1n) is 6.61. The van der Waals surface area contributed by atoms with Gasteiger partial charge in [0.2, 0.25) is 5.91 Å². The number of amides is 1. The van der Waals surface area contributed by atoms with Gasteiger partial charge in [0.25, 0.3) is 7.29 Å². The Morgan fingerprint density at radius 3 is 2.57 bits per heavy atom. The Bertz CT molecular complexity index is 902. The van der Waals surface area contributed by atoms with Crippen LogP contribution in [0.2, 0.25) is 0 Å². The number of nitrogens with zero attached hydrogens (tertiary/aromatic N) is 2. The normalized spacial score (nSPS) is 21.0. The van der Waals surface area contributed by atoms with E-state index in [-0.39, 0.29) is 12.5 Å². The second kappa shape index (κ2) is 4.30. The second-order valence-electron chi connectivity index (χ2n) is 4.97. The fourth-order valence-corrected chi connectivity index (χ4v) is 4.92. The van der Waals surface area contributed by atoms with Crippen LogP contribution >= 0.6 is 7.29 Å². The summed E-state index contributed by atoms with van der Waals surface area (Å²) in [6.45, 7) is 0.146. The molecule has 5 nitrogen and oxygen atoms in total. The van der Waals surface area contributed by atoms with Gasteiger partial charge in [-0.15, -0.1) is 0 Å². The molecule has 6 heteroatoms. The van der Waals surface area contributed by atoms with E-state index >= 15 is 0 Å². The summed E-state index contributed by atoms with van der Waals surface area (Å²) in [5.41, 5.74) is 2.02. The third-order valence-electron chi connectivity index (χ3n) is 3.62. The first-order chi connectivity index (χ1) is 10.2. The molecule has 0 aliphatic carbocycles. The fraction of sp³-hybridized carbons (Fsp3) is 0.0667. The van der Waals surface area contributed by atoms with Gasteiger partial charge in [-0.2, -0.15) is 0 Å². The molecule has 1 N–H and O–H groups in total. The number of benzene rings is 2. The zero-order valence-electron chi connectivity index (χ0n) is 11.1. The van der Waals surface area contributed by atoms with Gasteiger partial charge in [0.15, 0.2) is 5.57 Å². The standard InChI is InChI=1S/C15H12N3O2P/c19-14-10-18-13-9-5-4-8-12(13)16-15(18)21(20,17-14)11-6-2-1-3-7-11/h1-9H,10H2,(H,17,19,20)/t21-/m1/s1. The first kappa shape index (κ1) is 12.4. The molecular weight excluding hydrogens is 285 g/mol. The van der Waals surface area contributed by atoms with Gasteiger partial charge in [0, 0.05) is 5.30 Å². The van der Waals surface area contributed by atoms with Crippen LogP contribution in [0.1, 0.15) is 0 Å². The van der Waals surface area contributed by atoms with Crippen LogP contribution < -0.4 is 16.0 Å². The van der Waals surface area contributed by atoms with Crippen LogP contribution in [0.4, 0.5) is 0 Å².